The van der Waals surface area contributed by atoms with Crippen LogP contribution in [0, 0.1) is 0 Å². The molecule has 0 aromatic heterocycles. The Balaban J connectivity index is 2.15. The maximum absolute atomic E-state index is 3.24. The van der Waals surface area contributed by atoms with Gasteiger partial charge in [0.15, 0.2) is 0 Å². The molecule has 0 spiro atoms. The van der Waals surface area contributed by atoms with E-state index in [2.05, 4.69) is 61.2 Å². The highest BCUT2D eigenvalue weighted by Crippen LogP contribution is 2.29. The van der Waals surface area contributed by atoms with Gasteiger partial charge >= 0.3 is 0 Å². The molecule has 18 heavy (non-hydrogen) atoms. The topological polar surface area (TPSA) is 0 Å². The van der Waals surface area contributed by atoms with Crippen molar-refractivity contribution in [2.75, 3.05) is 0 Å². The first-order chi connectivity index (χ1) is 8.84. The van der Waals surface area contributed by atoms with Crippen molar-refractivity contribution in [2.24, 2.45) is 0 Å². The fraction of sp³-hybridized carbons (Fsp3) is 0.167. The van der Waals surface area contributed by atoms with Gasteiger partial charge in [-0.2, -0.15) is 0 Å². The number of rotatable bonds is 1. The van der Waals surface area contributed by atoms with Crippen molar-refractivity contribution >= 4 is 11.6 Å². The molecule has 0 atom stereocenters. The standard InChI is InChI=1S/C18H16/c1-14-6-4-8-16(13-12-14)18-11-5-9-15-7-2-3-10-17(15)18/h3,5-6,8-13H,2,7H2,1H3. The highest BCUT2D eigenvalue weighted by molar-refractivity contribution is 5.82. The highest BCUT2D eigenvalue weighted by atomic mass is 14.1. The Morgan fingerprint density at radius 2 is 2.06 bits per heavy atom. The van der Waals surface area contributed by atoms with Crippen LogP contribution in [0.25, 0.3) is 11.6 Å². The Morgan fingerprint density at radius 3 is 3.00 bits per heavy atom. The molecule has 0 unspecified atom stereocenters. The highest BCUT2D eigenvalue weighted by Gasteiger charge is 2.10. The summed E-state index contributed by atoms with van der Waals surface area (Å²) in [4.78, 5) is 0. The molecular weight excluding hydrogens is 216 g/mol. The van der Waals surface area contributed by atoms with Crippen LogP contribution in [-0.4, -0.2) is 0 Å². The van der Waals surface area contributed by atoms with E-state index in [0.29, 0.717) is 0 Å². The van der Waals surface area contributed by atoms with E-state index in [-0.39, 0.29) is 0 Å². The number of benzene rings is 1. The molecule has 0 N–H and O–H groups in total. The molecule has 3 rings (SSSR count). The van der Waals surface area contributed by atoms with Gasteiger partial charge in [-0.1, -0.05) is 42.5 Å². The van der Waals surface area contributed by atoms with Gasteiger partial charge in [-0.3, -0.25) is 0 Å². The molecule has 0 saturated heterocycles. The number of fused-ring (bicyclic) bond motifs is 1. The van der Waals surface area contributed by atoms with Gasteiger partial charge < -0.3 is 0 Å². The predicted octanol–water partition coefficient (Wildman–Crippen LogP) is 4.70. The van der Waals surface area contributed by atoms with Crippen LogP contribution in [0.4, 0.5) is 0 Å². The molecule has 0 heteroatoms. The van der Waals surface area contributed by atoms with Crippen molar-refractivity contribution < 1.29 is 0 Å². The molecule has 2 aliphatic rings. The van der Waals surface area contributed by atoms with E-state index >= 15 is 0 Å². The second-order valence-electron chi connectivity index (χ2n) is 4.81. The van der Waals surface area contributed by atoms with Gasteiger partial charge in [0.2, 0.25) is 0 Å². The second-order valence-corrected chi connectivity index (χ2v) is 4.81. The van der Waals surface area contributed by atoms with E-state index in [9.17, 15) is 0 Å². The Bertz CT molecular complexity index is 630. The van der Waals surface area contributed by atoms with E-state index in [1.54, 1.807) is 0 Å². The monoisotopic (exact) mass is 232 g/mol. The minimum Gasteiger partial charge on any atom is -0.120 e. The third-order valence-corrected chi connectivity index (χ3v) is 3.45. The maximum atomic E-state index is 3.24. The zero-order valence-electron chi connectivity index (χ0n) is 10.6. The molecule has 1 aromatic carbocycles. The summed E-state index contributed by atoms with van der Waals surface area (Å²) in [5, 5.41) is 0. The van der Waals surface area contributed by atoms with E-state index in [1.165, 1.54) is 27.8 Å². The largest absolute Gasteiger partial charge is 0.120 e. The number of hydrogen-bond donors (Lipinski definition) is 0. The van der Waals surface area contributed by atoms with Crippen LogP contribution in [0.1, 0.15) is 30.0 Å². The molecule has 88 valence electrons. The van der Waals surface area contributed by atoms with Crippen LogP contribution in [0.2, 0.25) is 0 Å². The summed E-state index contributed by atoms with van der Waals surface area (Å²) in [6.07, 6.45) is 15.3. The minimum atomic E-state index is 1.15. The number of hydrogen-bond acceptors (Lipinski definition) is 0. The van der Waals surface area contributed by atoms with Gasteiger partial charge in [0.1, 0.15) is 0 Å². The summed E-state index contributed by atoms with van der Waals surface area (Å²) < 4.78 is 0. The van der Waals surface area contributed by atoms with Gasteiger partial charge in [0.05, 0.1) is 0 Å². The van der Waals surface area contributed by atoms with Crippen molar-refractivity contribution in [1.29, 1.82) is 0 Å². The molecule has 0 fully saturated rings. The van der Waals surface area contributed by atoms with Crippen LogP contribution in [0.15, 0.2) is 59.9 Å². The van der Waals surface area contributed by atoms with Gasteiger partial charge in [-0.25, -0.2) is 0 Å². The molecule has 0 saturated carbocycles. The van der Waals surface area contributed by atoms with Crippen molar-refractivity contribution in [2.45, 2.75) is 19.8 Å². The SMILES string of the molecule is CC1=CC=C(c2cccc3c2C=CCC3)C=C=C1. The predicted molar refractivity (Wildman–Crippen MR) is 78.2 cm³/mol. The van der Waals surface area contributed by atoms with Gasteiger partial charge in [-0.05, 0) is 59.8 Å². The van der Waals surface area contributed by atoms with Crippen molar-refractivity contribution in [3.05, 3.63) is 76.6 Å². The lowest BCUT2D eigenvalue weighted by Gasteiger charge is -2.15. The smallest absolute Gasteiger partial charge is 0.0101 e. The average Bonchev–Trinajstić information content (AvgIpc) is 2.63. The van der Waals surface area contributed by atoms with Gasteiger partial charge in [0.25, 0.3) is 0 Å². The van der Waals surface area contributed by atoms with Crippen molar-refractivity contribution in [3.8, 4) is 0 Å². The molecule has 0 heterocycles. The molecule has 1 aromatic rings. The molecule has 0 amide bonds. The minimum absolute atomic E-state index is 1.15. The molecule has 2 aliphatic carbocycles. The lowest BCUT2D eigenvalue weighted by Crippen LogP contribution is -1.98. The number of allylic oxidation sites excluding steroid dienone is 6. The molecule has 0 aliphatic heterocycles. The average molecular weight is 232 g/mol. The maximum Gasteiger partial charge on any atom is -0.0101 e. The molecule has 0 bridgehead atoms. The fourth-order valence-corrected chi connectivity index (χ4v) is 2.47. The lowest BCUT2D eigenvalue weighted by molar-refractivity contribution is 0.984. The van der Waals surface area contributed by atoms with E-state index in [1.807, 2.05) is 6.08 Å². The lowest BCUT2D eigenvalue weighted by atomic mass is 9.90. The van der Waals surface area contributed by atoms with Gasteiger partial charge in [0, 0.05) is 0 Å². The third kappa shape index (κ3) is 2.03. The first-order valence-corrected chi connectivity index (χ1v) is 6.44. The molecule has 0 nitrogen and oxygen atoms in total. The summed E-state index contributed by atoms with van der Waals surface area (Å²) in [7, 11) is 0. The second kappa shape index (κ2) is 4.68. The third-order valence-electron chi connectivity index (χ3n) is 3.45. The van der Waals surface area contributed by atoms with Crippen molar-refractivity contribution in [3.63, 3.8) is 0 Å². The van der Waals surface area contributed by atoms with Crippen molar-refractivity contribution in [1.82, 2.24) is 0 Å². The normalized spacial score (nSPS) is 16.9. The van der Waals surface area contributed by atoms with E-state index in [0.717, 1.165) is 12.8 Å². The Hall–Kier alpha value is -2.04. The molecule has 0 radical (unpaired) electrons. The fourth-order valence-electron chi connectivity index (χ4n) is 2.47. The first-order valence-electron chi connectivity index (χ1n) is 6.44. The zero-order chi connectivity index (χ0) is 12.4. The van der Waals surface area contributed by atoms with E-state index < -0.39 is 0 Å². The number of aryl methyl sites for hydroxylation is 1. The summed E-state index contributed by atoms with van der Waals surface area (Å²) in [5.41, 5.74) is 9.87. The quantitative estimate of drug-likeness (QED) is 0.616. The van der Waals surface area contributed by atoms with E-state index in [4.69, 9.17) is 0 Å². The Labute approximate surface area is 108 Å². The summed E-state index contributed by atoms with van der Waals surface area (Å²) >= 11 is 0. The summed E-state index contributed by atoms with van der Waals surface area (Å²) in [5.74, 6) is 0. The Morgan fingerprint density at radius 1 is 1.11 bits per heavy atom. The van der Waals surface area contributed by atoms with Crippen LogP contribution < -0.4 is 0 Å². The van der Waals surface area contributed by atoms with Crippen LogP contribution in [0.3, 0.4) is 0 Å². The molecular formula is C18H16. The zero-order valence-corrected chi connectivity index (χ0v) is 10.6. The Kier molecular flexibility index (Phi) is 2.88. The van der Waals surface area contributed by atoms with Gasteiger partial charge in [-0.15, -0.1) is 5.73 Å². The first kappa shape index (κ1) is 11.1. The van der Waals surface area contributed by atoms with Crippen LogP contribution in [0.5, 0.6) is 0 Å². The summed E-state index contributed by atoms with van der Waals surface area (Å²) in [6, 6.07) is 6.60. The van der Waals surface area contributed by atoms with Crippen LogP contribution in [-0.2, 0) is 6.42 Å². The van der Waals surface area contributed by atoms with Crippen LogP contribution >= 0.6 is 0 Å². The summed E-state index contributed by atoms with van der Waals surface area (Å²) in [6.45, 7) is 2.10.